The molecule has 0 unspecified atom stereocenters. The first-order chi connectivity index (χ1) is 12.0. The minimum absolute atomic E-state index is 0.153. The van der Waals surface area contributed by atoms with Gasteiger partial charge in [-0.25, -0.2) is 0 Å². The molecule has 0 saturated carbocycles. The van der Waals surface area contributed by atoms with Crippen molar-refractivity contribution < 1.29 is 4.79 Å². The van der Waals surface area contributed by atoms with E-state index in [0.29, 0.717) is 6.42 Å². The topological polar surface area (TPSA) is 46.3 Å². The molecule has 0 rings (SSSR count). The molecule has 25 heavy (non-hydrogen) atoms. The van der Waals surface area contributed by atoms with Gasteiger partial charge >= 0.3 is 0 Å². The van der Waals surface area contributed by atoms with E-state index in [0.717, 1.165) is 13.0 Å². The van der Waals surface area contributed by atoms with E-state index in [2.05, 4.69) is 32.8 Å². The Hall–Kier alpha value is -0.570. The molecule has 1 amide bonds. The normalized spacial score (nSPS) is 10.6. The first-order valence-electron chi connectivity index (χ1n) is 11.0. The van der Waals surface area contributed by atoms with Gasteiger partial charge in [0.1, 0.15) is 0 Å². The number of hydrogen-bond donors (Lipinski definition) is 1. The third kappa shape index (κ3) is 31.7. The van der Waals surface area contributed by atoms with Gasteiger partial charge in [-0.15, -0.1) is 0 Å². The Bertz CT molecular complexity index is 254. The second kappa shape index (κ2) is 23.4. The average molecular weight is 357 g/mol. The van der Waals surface area contributed by atoms with E-state index in [1.165, 1.54) is 89.9 Å². The number of hydrogen-bond acceptors (Lipinski definition) is 2. The first-order valence-corrected chi connectivity index (χ1v) is 11.0. The second-order valence-electron chi connectivity index (χ2n) is 7.56. The number of amides is 1. The van der Waals surface area contributed by atoms with E-state index in [4.69, 9.17) is 5.73 Å². The molecule has 0 aliphatic carbocycles. The zero-order chi connectivity index (χ0) is 19.2. The summed E-state index contributed by atoms with van der Waals surface area (Å²) in [6.07, 6.45) is 20.9. The van der Waals surface area contributed by atoms with Crippen molar-refractivity contribution in [2.24, 2.45) is 5.73 Å². The molecule has 152 valence electrons. The maximum absolute atomic E-state index is 10.6. The summed E-state index contributed by atoms with van der Waals surface area (Å²) in [5.41, 5.74) is 5.11. The zero-order valence-electron chi connectivity index (χ0n) is 18.0. The quantitative estimate of drug-likeness (QED) is 0.311. The largest absolute Gasteiger partial charge is 0.370 e. The highest BCUT2D eigenvalue weighted by Gasteiger charge is 1.96. The Balaban J connectivity index is 0. The third-order valence-electron chi connectivity index (χ3n) is 4.66. The van der Waals surface area contributed by atoms with Crippen LogP contribution in [0.1, 0.15) is 117 Å². The molecule has 0 spiro atoms. The van der Waals surface area contributed by atoms with Crippen molar-refractivity contribution in [3.05, 3.63) is 0 Å². The van der Waals surface area contributed by atoms with E-state index in [1.54, 1.807) is 0 Å². The highest BCUT2D eigenvalue weighted by Crippen LogP contribution is 2.13. The van der Waals surface area contributed by atoms with Crippen molar-refractivity contribution in [1.82, 2.24) is 4.90 Å². The van der Waals surface area contributed by atoms with Gasteiger partial charge in [0, 0.05) is 6.42 Å². The van der Waals surface area contributed by atoms with Crippen LogP contribution in [0.5, 0.6) is 0 Å². The van der Waals surface area contributed by atoms with Gasteiger partial charge in [-0.3, -0.25) is 4.79 Å². The number of unbranched alkanes of at least 4 members (excludes halogenated alkanes) is 14. The van der Waals surface area contributed by atoms with E-state index < -0.39 is 0 Å². The molecule has 0 atom stereocenters. The molecule has 2 N–H and O–H groups in total. The summed E-state index contributed by atoms with van der Waals surface area (Å²) in [6.45, 7) is 5.54. The monoisotopic (exact) mass is 356 g/mol. The van der Waals surface area contributed by atoms with Gasteiger partial charge < -0.3 is 10.6 Å². The lowest BCUT2D eigenvalue weighted by molar-refractivity contribution is -0.118. The molecule has 0 heterocycles. The molecular formula is C22H48N2O. The van der Waals surface area contributed by atoms with Crippen LogP contribution < -0.4 is 5.73 Å². The molecule has 3 heteroatoms. The molecule has 0 aliphatic rings. The summed E-state index contributed by atoms with van der Waals surface area (Å²) >= 11 is 0. The Morgan fingerprint density at radius 2 is 0.920 bits per heavy atom. The van der Waals surface area contributed by atoms with Crippen LogP contribution in [0.4, 0.5) is 0 Å². The fraction of sp³-hybridized carbons (Fsp3) is 0.955. The van der Waals surface area contributed by atoms with Crippen LogP contribution in [0, 0.1) is 0 Å². The molecule has 0 fully saturated rings. The molecule has 0 aromatic carbocycles. The number of carbonyl (C=O) groups is 1. The number of rotatable bonds is 17. The van der Waals surface area contributed by atoms with Gasteiger partial charge in [0.2, 0.25) is 5.91 Å². The van der Waals surface area contributed by atoms with Crippen LogP contribution >= 0.6 is 0 Å². The molecule has 0 aliphatic heterocycles. The van der Waals surface area contributed by atoms with Gasteiger partial charge in [-0.2, -0.15) is 0 Å². The zero-order valence-corrected chi connectivity index (χ0v) is 18.0. The fourth-order valence-corrected chi connectivity index (χ4v) is 2.67. The predicted octanol–water partition coefficient (Wildman–Crippen LogP) is 6.30. The van der Waals surface area contributed by atoms with Crippen molar-refractivity contribution in [1.29, 1.82) is 0 Å². The SMILES string of the molecule is CCCCCCCCCCCCCCCCCC(N)=O.CCN(C)C. The third-order valence-corrected chi connectivity index (χ3v) is 4.66. The smallest absolute Gasteiger partial charge is 0.217 e. The standard InChI is InChI=1S/C18H37NO.C4H11N/c1-2-3-4-5-6-7-8-9-10-11-12-13-14-15-16-17-18(19)20;1-4-5(2)3/h2-17H2,1H3,(H2,19,20);4H2,1-3H3. The van der Waals surface area contributed by atoms with Crippen LogP contribution in [-0.2, 0) is 4.79 Å². The van der Waals surface area contributed by atoms with Crippen molar-refractivity contribution in [3.8, 4) is 0 Å². The average Bonchev–Trinajstić information content (AvgIpc) is 2.58. The maximum Gasteiger partial charge on any atom is 0.217 e. The van der Waals surface area contributed by atoms with Gasteiger partial charge in [0.25, 0.3) is 0 Å². The summed E-state index contributed by atoms with van der Waals surface area (Å²) < 4.78 is 0. The highest BCUT2D eigenvalue weighted by atomic mass is 16.1. The molecule has 0 aromatic heterocycles. The van der Waals surface area contributed by atoms with Crippen molar-refractivity contribution in [3.63, 3.8) is 0 Å². The van der Waals surface area contributed by atoms with E-state index in [9.17, 15) is 4.79 Å². The summed E-state index contributed by atoms with van der Waals surface area (Å²) in [5.74, 6) is -0.153. The molecule has 0 bridgehead atoms. The van der Waals surface area contributed by atoms with Crippen molar-refractivity contribution in [2.45, 2.75) is 117 Å². The number of nitrogens with zero attached hydrogens (tertiary/aromatic N) is 1. The lowest BCUT2D eigenvalue weighted by atomic mass is 10.0. The van der Waals surface area contributed by atoms with Gasteiger partial charge in [-0.1, -0.05) is 104 Å². The van der Waals surface area contributed by atoms with Crippen LogP contribution in [0.25, 0.3) is 0 Å². The van der Waals surface area contributed by atoms with Gasteiger partial charge in [0.05, 0.1) is 0 Å². The van der Waals surface area contributed by atoms with Crippen LogP contribution in [0.2, 0.25) is 0 Å². The van der Waals surface area contributed by atoms with E-state index in [-0.39, 0.29) is 5.91 Å². The number of primary amides is 1. The van der Waals surface area contributed by atoms with Crippen LogP contribution in [-0.4, -0.2) is 31.4 Å². The maximum atomic E-state index is 10.6. The highest BCUT2D eigenvalue weighted by molar-refractivity contribution is 5.73. The van der Waals surface area contributed by atoms with Gasteiger partial charge in [0.15, 0.2) is 0 Å². The second-order valence-corrected chi connectivity index (χ2v) is 7.56. The molecule has 0 saturated heterocycles. The van der Waals surface area contributed by atoms with Crippen LogP contribution in [0.15, 0.2) is 0 Å². The Kier molecular flexibility index (Phi) is 25.0. The fourth-order valence-electron chi connectivity index (χ4n) is 2.67. The minimum atomic E-state index is -0.153. The lowest BCUT2D eigenvalue weighted by Crippen LogP contribution is -2.09. The first kappa shape index (κ1) is 26.7. The van der Waals surface area contributed by atoms with E-state index >= 15 is 0 Å². The summed E-state index contributed by atoms with van der Waals surface area (Å²) in [4.78, 5) is 12.7. The Labute approximate surface area is 159 Å². The van der Waals surface area contributed by atoms with Crippen LogP contribution in [0.3, 0.4) is 0 Å². The van der Waals surface area contributed by atoms with Gasteiger partial charge in [-0.05, 0) is 27.1 Å². The molecule has 0 aromatic rings. The Morgan fingerprint density at radius 1 is 0.640 bits per heavy atom. The Morgan fingerprint density at radius 3 is 1.16 bits per heavy atom. The predicted molar refractivity (Wildman–Crippen MR) is 113 cm³/mol. The van der Waals surface area contributed by atoms with Crippen molar-refractivity contribution >= 4 is 5.91 Å². The lowest BCUT2D eigenvalue weighted by Gasteiger charge is -2.03. The molecule has 0 radical (unpaired) electrons. The molecule has 3 nitrogen and oxygen atoms in total. The summed E-state index contributed by atoms with van der Waals surface area (Å²) in [7, 11) is 4.11. The van der Waals surface area contributed by atoms with Crippen molar-refractivity contribution in [2.75, 3.05) is 20.6 Å². The summed E-state index contributed by atoms with van der Waals surface area (Å²) in [6, 6.07) is 0. The van der Waals surface area contributed by atoms with E-state index in [1.807, 2.05) is 0 Å². The number of nitrogens with two attached hydrogens (primary N) is 1. The minimum Gasteiger partial charge on any atom is -0.370 e. The molecular weight excluding hydrogens is 308 g/mol. The number of carbonyl (C=O) groups excluding carboxylic acids is 1. The summed E-state index contributed by atoms with van der Waals surface area (Å²) in [5, 5.41) is 0.